The molecular weight excluding hydrogens is 412 g/mol. The molecule has 3 aromatic rings. The highest BCUT2D eigenvalue weighted by Gasteiger charge is 2.29. The first kappa shape index (κ1) is 23.1. The summed E-state index contributed by atoms with van der Waals surface area (Å²) >= 11 is 0. The lowest BCUT2D eigenvalue weighted by Crippen LogP contribution is -2.37. The van der Waals surface area contributed by atoms with Crippen LogP contribution in [0.5, 0.6) is 0 Å². The average Bonchev–Trinajstić information content (AvgIpc) is 3.11. The number of esters is 1. The summed E-state index contributed by atoms with van der Waals surface area (Å²) in [7, 11) is 0. The number of para-hydroxylation sites is 1. The van der Waals surface area contributed by atoms with Gasteiger partial charge in [-0.25, -0.2) is 0 Å². The van der Waals surface area contributed by atoms with Crippen LogP contribution in [0.4, 0.5) is 0 Å². The van der Waals surface area contributed by atoms with Gasteiger partial charge in [0.15, 0.2) is 0 Å². The molecule has 2 aromatic carbocycles. The van der Waals surface area contributed by atoms with Crippen LogP contribution in [0.2, 0.25) is 0 Å². The van der Waals surface area contributed by atoms with Crippen molar-refractivity contribution in [3.63, 3.8) is 0 Å². The molecule has 5 heteroatoms. The van der Waals surface area contributed by atoms with Crippen molar-refractivity contribution in [3.05, 3.63) is 71.4 Å². The van der Waals surface area contributed by atoms with E-state index in [0.29, 0.717) is 32.4 Å². The van der Waals surface area contributed by atoms with Gasteiger partial charge in [-0.2, -0.15) is 0 Å². The number of nitrogens with zero attached hydrogens (tertiary/aromatic N) is 2. The van der Waals surface area contributed by atoms with Gasteiger partial charge in [-0.1, -0.05) is 62.4 Å². The summed E-state index contributed by atoms with van der Waals surface area (Å²) in [6.07, 6.45) is 2.32. The first-order valence-corrected chi connectivity index (χ1v) is 11.9. The Bertz CT molecular complexity index is 1130. The quantitative estimate of drug-likeness (QED) is 0.439. The summed E-state index contributed by atoms with van der Waals surface area (Å²) in [6, 6.07) is 19.0. The predicted molar refractivity (Wildman–Crippen MR) is 131 cm³/mol. The second kappa shape index (κ2) is 9.82. The molecule has 1 aliphatic heterocycles. The second-order valence-electron chi connectivity index (χ2n) is 9.73. The van der Waals surface area contributed by atoms with Gasteiger partial charge in [-0.05, 0) is 42.4 Å². The van der Waals surface area contributed by atoms with Crippen molar-refractivity contribution in [2.24, 2.45) is 5.41 Å². The minimum Gasteiger partial charge on any atom is -0.466 e. The molecule has 0 fully saturated rings. The van der Waals surface area contributed by atoms with Crippen molar-refractivity contribution in [1.82, 2.24) is 9.47 Å². The van der Waals surface area contributed by atoms with E-state index in [1.165, 1.54) is 27.7 Å². The van der Waals surface area contributed by atoms with Gasteiger partial charge in [-0.3, -0.25) is 9.59 Å². The lowest BCUT2D eigenvalue weighted by Gasteiger charge is -2.30. The van der Waals surface area contributed by atoms with Gasteiger partial charge < -0.3 is 14.2 Å². The average molecular weight is 447 g/mol. The molecule has 0 unspecified atom stereocenters. The number of hydrogen-bond donors (Lipinski definition) is 0. The molecule has 2 heterocycles. The molecule has 174 valence electrons. The zero-order chi connectivity index (χ0) is 23.4. The van der Waals surface area contributed by atoms with E-state index in [1.54, 1.807) is 0 Å². The predicted octanol–water partition coefficient (Wildman–Crippen LogP) is 5.33. The van der Waals surface area contributed by atoms with Crippen molar-refractivity contribution in [1.29, 1.82) is 0 Å². The van der Waals surface area contributed by atoms with Crippen LogP contribution in [0.25, 0.3) is 10.9 Å². The number of hydrogen-bond acceptors (Lipinski definition) is 3. The summed E-state index contributed by atoms with van der Waals surface area (Å²) in [5, 5.41) is 1.30. The zero-order valence-electron chi connectivity index (χ0n) is 20.0. The fourth-order valence-corrected chi connectivity index (χ4v) is 4.85. The minimum absolute atomic E-state index is 0.161. The van der Waals surface area contributed by atoms with E-state index < -0.39 is 0 Å². The van der Waals surface area contributed by atoms with Gasteiger partial charge in [0.25, 0.3) is 0 Å². The SMILES string of the molecule is CCOC(=O)CC(C)(C)CCC(=O)N1CCc2c(n(Cc3ccccc3)c3ccccc23)C1. The van der Waals surface area contributed by atoms with E-state index in [4.69, 9.17) is 4.74 Å². The number of rotatable bonds is 8. The lowest BCUT2D eigenvalue weighted by molar-refractivity contribution is -0.146. The zero-order valence-corrected chi connectivity index (χ0v) is 20.0. The monoisotopic (exact) mass is 446 g/mol. The fraction of sp³-hybridized carbons (Fsp3) is 0.429. The van der Waals surface area contributed by atoms with Crippen LogP contribution < -0.4 is 0 Å². The number of carbonyl (C=O) groups excluding carboxylic acids is 2. The number of amides is 1. The minimum atomic E-state index is -0.259. The summed E-state index contributed by atoms with van der Waals surface area (Å²) in [5.74, 6) is -0.0305. The molecule has 0 radical (unpaired) electrons. The normalized spacial score (nSPS) is 13.7. The Kier molecular flexibility index (Phi) is 6.87. The number of ether oxygens (including phenoxy) is 1. The number of benzene rings is 2. The molecule has 0 atom stereocenters. The van der Waals surface area contributed by atoms with Crippen molar-refractivity contribution in [2.45, 2.75) is 59.5 Å². The van der Waals surface area contributed by atoms with Crippen LogP contribution in [0.3, 0.4) is 0 Å². The molecule has 0 aliphatic carbocycles. The Morgan fingerprint density at radius 1 is 1.03 bits per heavy atom. The largest absolute Gasteiger partial charge is 0.466 e. The summed E-state index contributed by atoms with van der Waals surface area (Å²) < 4.78 is 7.47. The maximum Gasteiger partial charge on any atom is 0.306 e. The van der Waals surface area contributed by atoms with Gasteiger partial charge in [0.1, 0.15) is 0 Å². The molecule has 0 spiro atoms. The van der Waals surface area contributed by atoms with Gasteiger partial charge >= 0.3 is 5.97 Å². The number of aromatic nitrogens is 1. The Labute approximate surface area is 196 Å². The summed E-state index contributed by atoms with van der Waals surface area (Å²) in [4.78, 5) is 27.0. The molecule has 0 N–H and O–H groups in total. The molecule has 1 aliphatic rings. The fourth-order valence-electron chi connectivity index (χ4n) is 4.85. The first-order valence-electron chi connectivity index (χ1n) is 11.9. The maximum atomic E-state index is 13.2. The highest BCUT2D eigenvalue weighted by Crippen LogP contribution is 2.33. The molecule has 1 amide bonds. The van der Waals surface area contributed by atoms with Crippen LogP contribution in [0.15, 0.2) is 54.6 Å². The second-order valence-corrected chi connectivity index (χ2v) is 9.73. The van der Waals surface area contributed by atoms with Crippen molar-refractivity contribution < 1.29 is 14.3 Å². The van der Waals surface area contributed by atoms with Crippen LogP contribution in [-0.4, -0.2) is 34.5 Å². The molecule has 0 saturated carbocycles. The standard InChI is InChI=1S/C28H34N2O3/c1-4-33-27(32)18-28(2,3)16-14-26(31)29-17-15-23-22-12-8-9-13-24(22)30(25(23)20-29)19-21-10-6-5-7-11-21/h5-13H,4,14-20H2,1-3H3. The molecular formula is C28H34N2O3. The summed E-state index contributed by atoms with van der Waals surface area (Å²) in [6.45, 7) is 8.44. The van der Waals surface area contributed by atoms with Crippen LogP contribution in [-0.2, 0) is 33.8 Å². The Hall–Kier alpha value is -3.08. The van der Waals surface area contributed by atoms with Crippen molar-refractivity contribution in [2.75, 3.05) is 13.2 Å². The Morgan fingerprint density at radius 2 is 1.76 bits per heavy atom. The van der Waals surface area contributed by atoms with Gasteiger partial charge in [0, 0.05) is 36.1 Å². The lowest BCUT2D eigenvalue weighted by atomic mass is 9.84. The third-order valence-electron chi connectivity index (χ3n) is 6.65. The van der Waals surface area contributed by atoms with Gasteiger partial charge in [0.05, 0.1) is 19.6 Å². The maximum absolute atomic E-state index is 13.2. The van der Waals surface area contributed by atoms with Crippen molar-refractivity contribution >= 4 is 22.8 Å². The van der Waals surface area contributed by atoms with E-state index in [0.717, 1.165) is 19.5 Å². The van der Waals surface area contributed by atoms with E-state index in [2.05, 4.69) is 53.1 Å². The molecule has 0 bridgehead atoms. The molecule has 1 aromatic heterocycles. The van der Waals surface area contributed by atoms with Crippen LogP contribution in [0.1, 0.15) is 56.9 Å². The molecule has 33 heavy (non-hydrogen) atoms. The van der Waals surface area contributed by atoms with E-state index in [9.17, 15) is 9.59 Å². The number of fused-ring (bicyclic) bond motifs is 3. The number of carbonyl (C=O) groups is 2. The topological polar surface area (TPSA) is 51.5 Å². The van der Waals surface area contributed by atoms with Gasteiger partial charge in [0.2, 0.25) is 5.91 Å². The van der Waals surface area contributed by atoms with Crippen molar-refractivity contribution in [3.8, 4) is 0 Å². The highest BCUT2D eigenvalue weighted by molar-refractivity contribution is 5.86. The van der Waals surface area contributed by atoms with E-state index in [1.807, 2.05) is 31.7 Å². The van der Waals surface area contributed by atoms with E-state index >= 15 is 0 Å². The Morgan fingerprint density at radius 3 is 2.52 bits per heavy atom. The molecule has 0 saturated heterocycles. The highest BCUT2D eigenvalue weighted by atomic mass is 16.5. The first-order chi connectivity index (χ1) is 15.9. The van der Waals surface area contributed by atoms with E-state index in [-0.39, 0.29) is 17.3 Å². The third kappa shape index (κ3) is 5.29. The smallest absolute Gasteiger partial charge is 0.306 e. The third-order valence-corrected chi connectivity index (χ3v) is 6.65. The molecule has 5 nitrogen and oxygen atoms in total. The Balaban J connectivity index is 1.50. The molecule has 4 rings (SSSR count). The summed E-state index contributed by atoms with van der Waals surface area (Å²) in [5.41, 5.74) is 4.84. The van der Waals surface area contributed by atoms with Gasteiger partial charge in [-0.15, -0.1) is 0 Å². The van der Waals surface area contributed by atoms with Crippen LogP contribution in [0, 0.1) is 5.41 Å². The van der Waals surface area contributed by atoms with Crippen LogP contribution >= 0.6 is 0 Å².